The Labute approximate surface area is 128 Å². The summed E-state index contributed by atoms with van der Waals surface area (Å²) in [7, 11) is 1.57. The Hall–Kier alpha value is -1.07. The zero-order valence-corrected chi connectivity index (χ0v) is 13.3. The monoisotopic (exact) mass is 386 g/mol. The highest BCUT2D eigenvalue weighted by atomic mass is 79.9. The van der Waals surface area contributed by atoms with E-state index in [0.29, 0.717) is 5.75 Å². The molecule has 0 aliphatic heterocycles. The highest BCUT2D eigenvalue weighted by Crippen LogP contribution is 2.48. The van der Waals surface area contributed by atoms with Gasteiger partial charge in [0, 0.05) is 10.0 Å². The average Bonchev–Trinajstić information content (AvgIpc) is 2.38. The van der Waals surface area contributed by atoms with Crippen LogP contribution in [0.3, 0.4) is 0 Å². The molecule has 100 valence electrons. The van der Waals surface area contributed by atoms with E-state index in [1.165, 1.54) is 0 Å². The van der Waals surface area contributed by atoms with E-state index in [4.69, 9.17) is 4.74 Å². The van der Waals surface area contributed by atoms with Gasteiger partial charge in [0.25, 0.3) is 0 Å². The number of alkyl halides is 1. The third-order valence-corrected chi connectivity index (χ3v) is 4.68. The average molecular weight is 388 g/mol. The Morgan fingerprint density at radius 3 is 2.74 bits per heavy atom. The van der Waals surface area contributed by atoms with E-state index in [1.807, 2.05) is 30.3 Å². The third kappa shape index (κ3) is 2.62. The molecule has 0 heterocycles. The van der Waals surface area contributed by atoms with Crippen LogP contribution in [0.2, 0.25) is 0 Å². The Morgan fingerprint density at radius 1 is 1.42 bits per heavy atom. The molecule has 0 fully saturated rings. The molecule has 3 nitrogen and oxygen atoms in total. The Kier molecular flexibility index (Phi) is 4.16. The highest BCUT2D eigenvalue weighted by Gasteiger charge is 2.43. The van der Waals surface area contributed by atoms with Crippen molar-refractivity contribution in [3.63, 3.8) is 0 Å². The summed E-state index contributed by atoms with van der Waals surface area (Å²) in [6, 6.07) is 7.39. The summed E-state index contributed by atoms with van der Waals surface area (Å²) in [6.07, 6.45) is 5.24. The van der Waals surface area contributed by atoms with Crippen LogP contribution in [0, 0.1) is 5.92 Å². The molecule has 1 aliphatic carbocycles. The lowest BCUT2D eigenvalue weighted by atomic mass is 9.82. The molecule has 2 atom stereocenters. The van der Waals surface area contributed by atoms with Crippen LogP contribution in [0.15, 0.2) is 47.0 Å². The van der Waals surface area contributed by atoms with Gasteiger partial charge in [0.15, 0.2) is 0 Å². The summed E-state index contributed by atoms with van der Waals surface area (Å²) >= 11 is 6.98. The standard InChI is InChI=1S/C14H12Br2O3/c1-19-12-5-3-2-4-10(12)14(16)8-9(15)6-7-11(14)13(17)18/h2-8,11H,1H3,(H,17,18). The van der Waals surface area contributed by atoms with E-state index >= 15 is 0 Å². The van der Waals surface area contributed by atoms with Crippen LogP contribution in [-0.4, -0.2) is 18.2 Å². The van der Waals surface area contributed by atoms with Gasteiger partial charge in [0.1, 0.15) is 5.75 Å². The number of carboxylic acids is 1. The van der Waals surface area contributed by atoms with Crippen molar-refractivity contribution in [2.75, 3.05) is 7.11 Å². The largest absolute Gasteiger partial charge is 0.496 e. The molecule has 1 aromatic carbocycles. The van der Waals surface area contributed by atoms with Crippen LogP contribution in [0.1, 0.15) is 5.56 Å². The van der Waals surface area contributed by atoms with E-state index in [9.17, 15) is 9.90 Å². The van der Waals surface area contributed by atoms with Crippen molar-refractivity contribution in [1.29, 1.82) is 0 Å². The lowest BCUT2D eigenvalue weighted by Gasteiger charge is -2.32. The zero-order valence-electron chi connectivity index (χ0n) is 10.1. The first-order valence-corrected chi connectivity index (χ1v) is 7.19. The predicted octanol–water partition coefficient (Wildman–Crippen LogP) is 3.83. The molecule has 19 heavy (non-hydrogen) atoms. The topological polar surface area (TPSA) is 46.5 Å². The molecule has 2 rings (SSSR count). The second kappa shape index (κ2) is 5.51. The van der Waals surface area contributed by atoms with Gasteiger partial charge in [-0.05, 0) is 12.1 Å². The molecular weight excluding hydrogens is 376 g/mol. The second-order valence-electron chi connectivity index (χ2n) is 4.17. The quantitative estimate of drug-likeness (QED) is 0.801. The van der Waals surface area contributed by atoms with Crippen molar-refractivity contribution in [1.82, 2.24) is 0 Å². The van der Waals surface area contributed by atoms with E-state index < -0.39 is 16.2 Å². The van der Waals surface area contributed by atoms with Gasteiger partial charge >= 0.3 is 5.97 Å². The number of halogens is 2. The molecule has 0 saturated carbocycles. The molecule has 0 aromatic heterocycles. The Bertz CT molecular complexity index is 566. The number of aliphatic carboxylic acids is 1. The Balaban J connectivity index is 2.61. The van der Waals surface area contributed by atoms with Crippen LogP contribution in [0.4, 0.5) is 0 Å². The SMILES string of the molecule is COc1ccccc1C1(Br)C=C(Br)C=CC1C(=O)O. The molecule has 1 aromatic rings. The number of allylic oxidation sites excluding steroid dienone is 3. The molecule has 0 spiro atoms. The molecule has 5 heteroatoms. The molecule has 0 saturated heterocycles. The van der Waals surface area contributed by atoms with Gasteiger partial charge in [-0.25, -0.2) is 0 Å². The molecule has 0 amide bonds. The van der Waals surface area contributed by atoms with E-state index in [0.717, 1.165) is 10.0 Å². The number of benzene rings is 1. The lowest BCUT2D eigenvalue weighted by molar-refractivity contribution is -0.140. The number of ether oxygens (including phenoxy) is 1. The fourth-order valence-electron chi connectivity index (χ4n) is 2.14. The number of methoxy groups -OCH3 is 1. The van der Waals surface area contributed by atoms with Crippen molar-refractivity contribution in [3.8, 4) is 5.75 Å². The van der Waals surface area contributed by atoms with Crippen molar-refractivity contribution in [3.05, 3.63) is 52.5 Å². The minimum atomic E-state index is -0.893. The van der Waals surface area contributed by atoms with Gasteiger partial charge in [0.2, 0.25) is 0 Å². The van der Waals surface area contributed by atoms with Crippen LogP contribution >= 0.6 is 31.9 Å². The normalized spacial score (nSPS) is 25.8. The maximum absolute atomic E-state index is 11.5. The Morgan fingerprint density at radius 2 is 2.11 bits per heavy atom. The van der Waals surface area contributed by atoms with Crippen molar-refractivity contribution in [2.24, 2.45) is 5.92 Å². The number of rotatable bonds is 3. The minimum absolute atomic E-state index is 0.650. The number of hydrogen-bond acceptors (Lipinski definition) is 2. The van der Waals surface area contributed by atoms with Gasteiger partial charge in [-0.2, -0.15) is 0 Å². The lowest BCUT2D eigenvalue weighted by Crippen LogP contribution is -2.33. The number of carbonyl (C=O) groups is 1. The number of para-hydroxylation sites is 1. The second-order valence-corrected chi connectivity index (χ2v) is 6.40. The first kappa shape index (κ1) is 14.3. The van der Waals surface area contributed by atoms with E-state index in [-0.39, 0.29) is 0 Å². The molecule has 2 unspecified atom stereocenters. The first-order valence-electron chi connectivity index (χ1n) is 5.61. The highest BCUT2D eigenvalue weighted by molar-refractivity contribution is 9.12. The third-order valence-electron chi connectivity index (χ3n) is 3.03. The van der Waals surface area contributed by atoms with E-state index in [2.05, 4.69) is 31.9 Å². The maximum Gasteiger partial charge on any atom is 0.312 e. The molecule has 1 N–H and O–H groups in total. The minimum Gasteiger partial charge on any atom is -0.496 e. The maximum atomic E-state index is 11.5. The summed E-state index contributed by atoms with van der Waals surface area (Å²) < 4.78 is 5.33. The zero-order chi connectivity index (χ0) is 14.0. The summed E-state index contributed by atoms with van der Waals surface area (Å²) in [4.78, 5) is 11.5. The summed E-state index contributed by atoms with van der Waals surface area (Å²) in [5.74, 6) is -0.946. The summed E-state index contributed by atoms with van der Waals surface area (Å²) in [5, 5.41) is 9.42. The van der Waals surface area contributed by atoms with Gasteiger partial charge in [-0.3, -0.25) is 4.79 Å². The fraction of sp³-hybridized carbons (Fsp3) is 0.214. The smallest absolute Gasteiger partial charge is 0.312 e. The van der Waals surface area contributed by atoms with Crippen LogP contribution in [0.25, 0.3) is 0 Å². The number of hydrogen-bond donors (Lipinski definition) is 1. The molecule has 0 radical (unpaired) electrons. The van der Waals surface area contributed by atoms with Crippen LogP contribution < -0.4 is 4.74 Å². The van der Waals surface area contributed by atoms with Crippen molar-refractivity contribution in [2.45, 2.75) is 4.32 Å². The molecule has 0 bridgehead atoms. The van der Waals surface area contributed by atoms with E-state index in [1.54, 1.807) is 19.3 Å². The van der Waals surface area contributed by atoms with Gasteiger partial charge < -0.3 is 9.84 Å². The molecule has 1 aliphatic rings. The van der Waals surface area contributed by atoms with Crippen molar-refractivity contribution >= 4 is 37.8 Å². The van der Waals surface area contributed by atoms with Crippen molar-refractivity contribution < 1.29 is 14.6 Å². The molecular formula is C14H12Br2O3. The fourth-order valence-corrected chi connectivity index (χ4v) is 3.88. The first-order chi connectivity index (χ1) is 8.99. The van der Waals surface area contributed by atoms with Gasteiger partial charge in [-0.1, -0.05) is 62.2 Å². The van der Waals surface area contributed by atoms with Gasteiger partial charge in [-0.15, -0.1) is 0 Å². The summed E-state index contributed by atoms with van der Waals surface area (Å²) in [5.41, 5.74) is 0.784. The van der Waals surface area contributed by atoms with Crippen LogP contribution in [-0.2, 0) is 9.12 Å². The van der Waals surface area contributed by atoms with Crippen LogP contribution in [0.5, 0.6) is 5.75 Å². The predicted molar refractivity (Wildman–Crippen MR) is 80.9 cm³/mol. The number of carboxylic acid groups (broad SMARTS) is 1. The summed E-state index contributed by atoms with van der Waals surface area (Å²) in [6.45, 7) is 0. The van der Waals surface area contributed by atoms with Gasteiger partial charge in [0.05, 0.1) is 17.4 Å².